The Morgan fingerprint density at radius 2 is 1.95 bits per heavy atom. The van der Waals surface area contributed by atoms with Crippen molar-refractivity contribution in [3.8, 4) is 0 Å². The van der Waals surface area contributed by atoms with Crippen molar-refractivity contribution >= 4 is 17.0 Å². The third kappa shape index (κ3) is 3.13. The van der Waals surface area contributed by atoms with Gasteiger partial charge in [0.15, 0.2) is 0 Å². The van der Waals surface area contributed by atoms with Gasteiger partial charge in [0.25, 0.3) is 0 Å². The van der Waals surface area contributed by atoms with Crippen molar-refractivity contribution in [3.63, 3.8) is 0 Å². The van der Waals surface area contributed by atoms with Crippen molar-refractivity contribution in [1.29, 1.82) is 0 Å². The summed E-state index contributed by atoms with van der Waals surface area (Å²) in [6.45, 7) is 0.999. The van der Waals surface area contributed by atoms with Gasteiger partial charge in [0, 0.05) is 17.3 Å². The molecule has 3 rings (SSSR count). The van der Waals surface area contributed by atoms with Gasteiger partial charge in [-0.1, -0.05) is 42.8 Å². The van der Waals surface area contributed by atoms with Gasteiger partial charge in [-0.25, -0.2) is 0 Å². The summed E-state index contributed by atoms with van der Waals surface area (Å²) in [5.74, 6) is 0.587. The van der Waals surface area contributed by atoms with Crippen molar-refractivity contribution in [1.82, 2.24) is 0 Å². The van der Waals surface area contributed by atoms with E-state index in [-0.39, 0.29) is 0 Å². The highest BCUT2D eigenvalue weighted by atomic mass is 32.1. The minimum absolute atomic E-state index is 0.587. The van der Waals surface area contributed by atoms with E-state index in [0.717, 1.165) is 13.0 Å². The van der Waals surface area contributed by atoms with Crippen LogP contribution in [-0.4, -0.2) is 12.3 Å². The number of benzene rings is 1. The number of thiophene rings is 1. The predicted octanol–water partition coefficient (Wildman–Crippen LogP) is 4.58. The first kappa shape index (κ1) is 12.6. The van der Waals surface area contributed by atoms with E-state index in [2.05, 4.69) is 47.8 Å². The maximum Gasteiger partial charge on any atom is 0.0554 e. The molecule has 2 aromatic rings. The van der Waals surface area contributed by atoms with Gasteiger partial charge in [0.05, 0.1) is 5.71 Å². The molecule has 1 aromatic heterocycles. The van der Waals surface area contributed by atoms with Crippen LogP contribution in [0, 0.1) is 5.92 Å². The molecule has 98 valence electrons. The van der Waals surface area contributed by atoms with Crippen molar-refractivity contribution < 1.29 is 0 Å². The summed E-state index contributed by atoms with van der Waals surface area (Å²) in [5.41, 5.74) is 2.77. The minimum atomic E-state index is 0.587. The fraction of sp³-hybridized carbons (Fsp3) is 0.353. The van der Waals surface area contributed by atoms with Crippen LogP contribution in [0.1, 0.15) is 29.7 Å². The molecule has 0 N–H and O–H groups in total. The Balaban J connectivity index is 1.84. The molecule has 2 heteroatoms. The average molecular weight is 269 g/mol. The first-order chi connectivity index (χ1) is 9.43. The van der Waals surface area contributed by atoms with Crippen LogP contribution in [0.25, 0.3) is 0 Å². The molecule has 1 aromatic carbocycles. The second-order valence-corrected chi connectivity index (χ2v) is 6.07. The lowest BCUT2D eigenvalue weighted by Crippen LogP contribution is -2.17. The lowest BCUT2D eigenvalue weighted by Gasteiger charge is -2.16. The number of aliphatic imine (C=N–C) groups is 1. The Labute approximate surface area is 119 Å². The smallest absolute Gasteiger partial charge is 0.0554 e. The molecule has 1 unspecified atom stereocenters. The summed E-state index contributed by atoms with van der Waals surface area (Å²) < 4.78 is 0. The Kier molecular flexibility index (Phi) is 4.09. The summed E-state index contributed by atoms with van der Waals surface area (Å²) in [6.07, 6.45) is 4.93. The fourth-order valence-electron chi connectivity index (χ4n) is 2.77. The number of hydrogen-bond acceptors (Lipinski definition) is 2. The summed E-state index contributed by atoms with van der Waals surface area (Å²) in [6, 6.07) is 15.2. The standard InChI is InChI=1S/C17H19NS/c1-2-7-14(8-3-1)13-15-9-4-5-11-18-17(15)16-10-6-12-19-16/h1-3,6-8,10,12,15H,4-5,9,11,13H2. The van der Waals surface area contributed by atoms with Gasteiger partial charge in [0.2, 0.25) is 0 Å². The number of nitrogens with zero attached hydrogens (tertiary/aromatic N) is 1. The largest absolute Gasteiger partial charge is 0.288 e. The molecule has 0 amide bonds. The van der Waals surface area contributed by atoms with Crippen LogP contribution in [0.4, 0.5) is 0 Å². The van der Waals surface area contributed by atoms with Crippen molar-refractivity contribution in [2.45, 2.75) is 25.7 Å². The van der Waals surface area contributed by atoms with Crippen molar-refractivity contribution in [3.05, 3.63) is 58.3 Å². The average Bonchev–Trinajstić information content (AvgIpc) is 2.88. The molecule has 1 aliphatic heterocycles. The second-order valence-electron chi connectivity index (χ2n) is 5.13. The van der Waals surface area contributed by atoms with E-state index >= 15 is 0 Å². The van der Waals surface area contributed by atoms with Gasteiger partial charge >= 0.3 is 0 Å². The Morgan fingerprint density at radius 3 is 2.74 bits per heavy atom. The van der Waals surface area contributed by atoms with Gasteiger partial charge in [-0.05, 0) is 36.3 Å². The van der Waals surface area contributed by atoms with E-state index in [9.17, 15) is 0 Å². The van der Waals surface area contributed by atoms with Gasteiger partial charge in [0.1, 0.15) is 0 Å². The Hall–Kier alpha value is -1.41. The molecule has 1 atom stereocenters. The van der Waals surface area contributed by atoms with E-state index < -0.39 is 0 Å². The third-order valence-corrected chi connectivity index (χ3v) is 4.62. The summed E-state index contributed by atoms with van der Waals surface area (Å²) in [4.78, 5) is 6.23. The molecule has 1 aliphatic rings. The molecule has 1 nitrogen and oxygen atoms in total. The highest BCUT2D eigenvalue weighted by molar-refractivity contribution is 7.12. The zero-order valence-electron chi connectivity index (χ0n) is 11.1. The lowest BCUT2D eigenvalue weighted by molar-refractivity contribution is 0.591. The molecule has 0 radical (unpaired) electrons. The van der Waals surface area contributed by atoms with E-state index in [1.165, 1.54) is 35.4 Å². The van der Waals surface area contributed by atoms with E-state index in [4.69, 9.17) is 4.99 Å². The fourth-order valence-corrected chi connectivity index (χ4v) is 3.58. The Morgan fingerprint density at radius 1 is 1.05 bits per heavy atom. The van der Waals surface area contributed by atoms with E-state index in [1.54, 1.807) is 0 Å². The first-order valence-corrected chi connectivity index (χ1v) is 7.93. The van der Waals surface area contributed by atoms with Crippen LogP contribution in [-0.2, 0) is 6.42 Å². The van der Waals surface area contributed by atoms with Crippen LogP contribution in [0.3, 0.4) is 0 Å². The quantitative estimate of drug-likeness (QED) is 0.773. The predicted molar refractivity (Wildman–Crippen MR) is 83.2 cm³/mol. The molecule has 0 spiro atoms. The first-order valence-electron chi connectivity index (χ1n) is 7.05. The zero-order valence-corrected chi connectivity index (χ0v) is 11.9. The molecular weight excluding hydrogens is 250 g/mol. The van der Waals surface area contributed by atoms with Crippen LogP contribution in [0.5, 0.6) is 0 Å². The monoisotopic (exact) mass is 269 g/mol. The highest BCUT2D eigenvalue weighted by Crippen LogP contribution is 2.26. The highest BCUT2D eigenvalue weighted by Gasteiger charge is 2.20. The lowest BCUT2D eigenvalue weighted by atomic mass is 9.90. The van der Waals surface area contributed by atoms with E-state index in [0.29, 0.717) is 5.92 Å². The molecule has 0 aliphatic carbocycles. The van der Waals surface area contributed by atoms with Crippen LogP contribution in [0.15, 0.2) is 52.8 Å². The molecule has 19 heavy (non-hydrogen) atoms. The van der Waals surface area contributed by atoms with Crippen molar-refractivity contribution in [2.75, 3.05) is 6.54 Å². The van der Waals surface area contributed by atoms with Crippen LogP contribution >= 0.6 is 11.3 Å². The summed E-state index contributed by atoms with van der Waals surface area (Å²) in [5, 5.41) is 2.16. The van der Waals surface area contributed by atoms with Gasteiger partial charge in [-0.2, -0.15) is 0 Å². The normalized spacial score (nSPS) is 19.8. The second kappa shape index (κ2) is 6.16. The van der Waals surface area contributed by atoms with Crippen molar-refractivity contribution in [2.24, 2.45) is 10.9 Å². The van der Waals surface area contributed by atoms with Gasteiger partial charge < -0.3 is 0 Å². The number of hydrogen-bond donors (Lipinski definition) is 0. The third-order valence-electron chi connectivity index (χ3n) is 3.73. The summed E-state index contributed by atoms with van der Waals surface area (Å²) >= 11 is 1.82. The van der Waals surface area contributed by atoms with Gasteiger partial charge in [-0.15, -0.1) is 11.3 Å². The molecule has 0 saturated heterocycles. The minimum Gasteiger partial charge on any atom is -0.288 e. The molecule has 0 saturated carbocycles. The number of rotatable bonds is 3. The van der Waals surface area contributed by atoms with Crippen LogP contribution < -0.4 is 0 Å². The maximum atomic E-state index is 4.87. The topological polar surface area (TPSA) is 12.4 Å². The SMILES string of the molecule is c1ccc(CC2CCCCN=C2c2cccs2)cc1. The molecule has 2 heterocycles. The van der Waals surface area contributed by atoms with E-state index in [1.807, 2.05) is 11.3 Å². The Bertz CT molecular complexity index is 528. The summed E-state index contributed by atoms with van der Waals surface area (Å²) in [7, 11) is 0. The molecule has 0 bridgehead atoms. The van der Waals surface area contributed by atoms with Gasteiger partial charge in [-0.3, -0.25) is 4.99 Å². The van der Waals surface area contributed by atoms with Crippen LogP contribution in [0.2, 0.25) is 0 Å². The maximum absolute atomic E-state index is 4.87. The molecule has 0 fully saturated rings. The zero-order chi connectivity index (χ0) is 12.9. The molecular formula is C17H19NS.